The van der Waals surface area contributed by atoms with Crippen LogP contribution in [0.2, 0.25) is 5.02 Å². The van der Waals surface area contributed by atoms with Crippen molar-refractivity contribution in [2.45, 2.75) is 11.7 Å². The van der Waals surface area contributed by atoms with Crippen LogP contribution >= 0.6 is 46.0 Å². The minimum absolute atomic E-state index is 0.0967. The van der Waals surface area contributed by atoms with E-state index in [1.807, 2.05) is 24.3 Å². The summed E-state index contributed by atoms with van der Waals surface area (Å²) in [5.41, 5.74) is 1.43. The summed E-state index contributed by atoms with van der Waals surface area (Å²) in [5.74, 6) is -0.321. The fraction of sp³-hybridized carbons (Fsp3) is 0.167. The van der Waals surface area contributed by atoms with Crippen molar-refractivity contribution in [1.29, 1.82) is 0 Å². The Labute approximate surface area is 174 Å². The lowest BCUT2D eigenvalue weighted by Gasteiger charge is -2.09. The molecule has 0 saturated carbocycles. The largest absolute Gasteiger partial charge is 0.326 e. The average molecular weight is 500 g/mol. The van der Waals surface area contributed by atoms with Gasteiger partial charge in [-0.05, 0) is 71.1 Å². The molecule has 1 atom stereocenters. The van der Waals surface area contributed by atoms with Crippen LogP contribution in [-0.4, -0.2) is 34.2 Å². The Bertz CT molecular complexity index is 856. The molecule has 1 fully saturated rings. The topological polar surface area (TPSA) is 61.8 Å². The Morgan fingerprint density at radius 2 is 1.88 bits per heavy atom. The van der Waals surface area contributed by atoms with Gasteiger partial charge in [-0.25, -0.2) is 4.99 Å². The van der Waals surface area contributed by atoms with E-state index in [0.29, 0.717) is 21.6 Å². The van der Waals surface area contributed by atoms with E-state index in [1.165, 1.54) is 16.7 Å². The molecule has 0 bridgehead atoms. The van der Waals surface area contributed by atoms with Crippen LogP contribution in [0, 0.1) is 3.57 Å². The van der Waals surface area contributed by atoms with Crippen molar-refractivity contribution in [2.75, 3.05) is 12.4 Å². The second kappa shape index (κ2) is 8.41. The van der Waals surface area contributed by atoms with Crippen molar-refractivity contribution in [3.63, 3.8) is 0 Å². The van der Waals surface area contributed by atoms with Gasteiger partial charge < -0.3 is 5.32 Å². The number of hydrogen-bond acceptors (Lipinski definition) is 4. The highest BCUT2D eigenvalue weighted by molar-refractivity contribution is 14.1. The van der Waals surface area contributed by atoms with Crippen molar-refractivity contribution in [3.8, 4) is 0 Å². The molecule has 0 aromatic heterocycles. The summed E-state index contributed by atoms with van der Waals surface area (Å²) in [4.78, 5) is 30.6. The Kier molecular flexibility index (Phi) is 6.20. The Balaban J connectivity index is 1.65. The van der Waals surface area contributed by atoms with E-state index in [9.17, 15) is 9.59 Å². The van der Waals surface area contributed by atoms with Gasteiger partial charge in [0, 0.05) is 27.7 Å². The van der Waals surface area contributed by atoms with Crippen molar-refractivity contribution in [2.24, 2.45) is 4.99 Å². The van der Waals surface area contributed by atoms with Gasteiger partial charge in [0.15, 0.2) is 5.17 Å². The molecule has 2 aromatic rings. The predicted octanol–water partition coefficient (Wildman–Crippen LogP) is 4.53. The highest BCUT2D eigenvalue weighted by Gasteiger charge is 2.36. The molecule has 2 aromatic carbocycles. The molecule has 26 heavy (non-hydrogen) atoms. The van der Waals surface area contributed by atoms with E-state index >= 15 is 0 Å². The fourth-order valence-electron chi connectivity index (χ4n) is 2.34. The lowest BCUT2D eigenvalue weighted by Crippen LogP contribution is -2.30. The van der Waals surface area contributed by atoms with Crippen LogP contribution in [-0.2, 0) is 9.59 Å². The van der Waals surface area contributed by atoms with Crippen molar-refractivity contribution >= 4 is 74.3 Å². The first-order valence-electron chi connectivity index (χ1n) is 7.76. The zero-order valence-corrected chi connectivity index (χ0v) is 17.5. The Hall–Kier alpha value is -1.58. The first-order valence-corrected chi connectivity index (χ1v) is 10.1. The third-order valence-corrected chi connectivity index (χ3v) is 5.89. The first-order chi connectivity index (χ1) is 12.4. The van der Waals surface area contributed by atoms with E-state index in [2.05, 4.69) is 32.9 Å². The quantitative estimate of drug-likeness (QED) is 0.629. The maximum atomic E-state index is 12.4. The SMILES string of the molecule is CN1C(=O)[C@H](CC(=O)Nc2ccc(I)cc2)SC1=Nc1ccc(Cl)cc1. The van der Waals surface area contributed by atoms with E-state index in [1.54, 1.807) is 31.3 Å². The van der Waals surface area contributed by atoms with Crippen LogP contribution < -0.4 is 5.32 Å². The summed E-state index contributed by atoms with van der Waals surface area (Å²) in [6.07, 6.45) is 0.0967. The number of nitrogens with one attached hydrogen (secondary N) is 1. The maximum absolute atomic E-state index is 12.4. The van der Waals surface area contributed by atoms with Crippen LogP contribution in [0.3, 0.4) is 0 Å². The standard InChI is InChI=1S/C18H15ClIN3O2S/c1-23-17(25)15(10-16(24)21-13-8-4-12(20)5-9-13)26-18(23)22-14-6-2-11(19)3-7-14/h2-9,15H,10H2,1H3,(H,21,24)/t15-/m0/s1. The van der Waals surface area contributed by atoms with Gasteiger partial charge in [-0.3, -0.25) is 14.5 Å². The highest BCUT2D eigenvalue weighted by Crippen LogP contribution is 2.31. The number of benzene rings is 2. The zero-order valence-electron chi connectivity index (χ0n) is 13.8. The molecule has 1 saturated heterocycles. The molecule has 134 valence electrons. The molecule has 0 spiro atoms. The third-order valence-electron chi connectivity index (χ3n) is 3.69. The average Bonchev–Trinajstić information content (AvgIpc) is 2.87. The minimum atomic E-state index is -0.477. The third kappa shape index (κ3) is 4.77. The van der Waals surface area contributed by atoms with Crippen molar-refractivity contribution in [3.05, 3.63) is 57.1 Å². The molecule has 2 amide bonds. The number of thioether (sulfide) groups is 1. The van der Waals surface area contributed by atoms with Crippen LogP contribution in [0.25, 0.3) is 0 Å². The van der Waals surface area contributed by atoms with Gasteiger partial charge in [0.05, 0.1) is 5.69 Å². The van der Waals surface area contributed by atoms with E-state index in [-0.39, 0.29) is 18.2 Å². The number of rotatable bonds is 4. The van der Waals surface area contributed by atoms with Gasteiger partial charge in [-0.15, -0.1) is 0 Å². The number of anilines is 1. The van der Waals surface area contributed by atoms with Crippen LogP contribution in [0.1, 0.15) is 6.42 Å². The van der Waals surface area contributed by atoms with Gasteiger partial charge in [0.1, 0.15) is 5.25 Å². The number of carbonyl (C=O) groups excluding carboxylic acids is 2. The van der Waals surface area contributed by atoms with Crippen molar-refractivity contribution in [1.82, 2.24) is 4.90 Å². The summed E-state index contributed by atoms with van der Waals surface area (Å²) in [7, 11) is 1.67. The normalized spacial score (nSPS) is 18.4. The van der Waals surface area contributed by atoms with E-state index < -0.39 is 5.25 Å². The molecular formula is C18H15ClIN3O2S. The van der Waals surface area contributed by atoms with Gasteiger partial charge in [0.25, 0.3) is 0 Å². The van der Waals surface area contributed by atoms with Crippen molar-refractivity contribution < 1.29 is 9.59 Å². The minimum Gasteiger partial charge on any atom is -0.326 e. The molecule has 0 radical (unpaired) electrons. The number of nitrogens with zero attached hydrogens (tertiary/aromatic N) is 2. The number of hydrogen-bond donors (Lipinski definition) is 1. The second-order valence-corrected chi connectivity index (χ2v) is 8.49. The fourth-order valence-corrected chi connectivity index (χ4v) is 3.98. The molecular weight excluding hydrogens is 485 g/mol. The predicted molar refractivity (Wildman–Crippen MR) is 115 cm³/mol. The second-order valence-electron chi connectivity index (χ2n) is 5.63. The number of amides is 2. The van der Waals surface area contributed by atoms with Gasteiger partial charge in [-0.2, -0.15) is 0 Å². The molecule has 8 heteroatoms. The maximum Gasteiger partial charge on any atom is 0.242 e. The van der Waals surface area contributed by atoms with E-state index in [0.717, 1.165) is 3.57 Å². The molecule has 1 N–H and O–H groups in total. The number of carbonyl (C=O) groups is 2. The van der Waals surface area contributed by atoms with Crippen LogP contribution in [0.15, 0.2) is 53.5 Å². The monoisotopic (exact) mass is 499 g/mol. The molecule has 1 aliphatic heterocycles. The molecule has 0 unspecified atom stereocenters. The highest BCUT2D eigenvalue weighted by atomic mass is 127. The summed E-state index contributed by atoms with van der Waals surface area (Å²) < 4.78 is 1.09. The molecule has 1 heterocycles. The molecule has 0 aliphatic carbocycles. The van der Waals surface area contributed by atoms with Gasteiger partial charge >= 0.3 is 0 Å². The summed E-state index contributed by atoms with van der Waals surface area (Å²) in [5, 5.41) is 3.55. The number of aliphatic imine (C=N–C) groups is 1. The van der Waals surface area contributed by atoms with Gasteiger partial charge in [0.2, 0.25) is 11.8 Å². The lowest BCUT2D eigenvalue weighted by molar-refractivity contribution is -0.127. The smallest absolute Gasteiger partial charge is 0.242 e. The Morgan fingerprint density at radius 3 is 2.54 bits per heavy atom. The lowest BCUT2D eigenvalue weighted by atomic mass is 10.2. The first kappa shape index (κ1) is 19.2. The number of amidine groups is 1. The number of halogens is 2. The van der Waals surface area contributed by atoms with E-state index in [4.69, 9.17) is 11.6 Å². The van der Waals surface area contributed by atoms with Crippen LogP contribution in [0.4, 0.5) is 11.4 Å². The summed E-state index contributed by atoms with van der Waals surface area (Å²) in [6.45, 7) is 0. The molecule has 1 aliphatic rings. The molecule has 5 nitrogen and oxygen atoms in total. The van der Waals surface area contributed by atoms with Gasteiger partial charge in [-0.1, -0.05) is 23.4 Å². The zero-order chi connectivity index (χ0) is 18.7. The van der Waals surface area contributed by atoms with Crippen LogP contribution in [0.5, 0.6) is 0 Å². The molecule has 3 rings (SSSR count). The Morgan fingerprint density at radius 1 is 1.23 bits per heavy atom. The summed E-state index contributed by atoms with van der Waals surface area (Å²) in [6, 6.07) is 14.6. The summed E-state index contributed by atoms with van der Waals surface area (Å²) >= 11 is 9.37.